The molecule has 1 rings (SSSR count). The lowest BCUT2D eigenvalue weighted by molar-refractivity contribution is -0.116. The van der Waals surface area contributed by atoms with E-state index in [1.807, 2.05) is 0 Å². The van der Waals surface area contributed by atoms with Crippen LogP contribution in [0.1, 0.15) is 17.5 Å². The molecule has 108 valence electrons. The highest BCUT2D eigenvalue weighted by atomic mass is 32.2. The number of hydrogen-bond donors (Lipinski definition) is 3. The van der Waals surface area contributed by atoms with Gasteiger partial charge in [0, 0.05) is 12.0 Å². The molecule has 0 bridgehead atoms. The summed E-state index contributed by atoms with van der Waals surface area (Å²) >= 11 is 0. The lowest BCUT2D eigenvalue weighted by atomic mass is 10.1. The van der Waals surface area contributed by atoms with Crippen LogP contribution in [-0.2, 0) is 14.8 Å². The normalized spacial score (nSPS) is 10.7. The van der Waals surface area contributed by atoms with Crippen molar-refractivity contribution in [3.8, 4) is 11.8 Å². The fourth-order valence-electron chi connectivity index (χ4n) is 1.41. The Morgan fingerprint density at radius 1 is 1.45 bits per heavy atom. The molecule has 1 aromatic carbocycles. The van der Waals surface area contributed by atoms with Crippen LogP contribution in [0, 0.1) is 18.8 Å². The Bertz CT molecular complexity index is 657. The highest BCUT2D eigenvalue weighted by Crippen LogP contribution is 2.14. The van der Waals surface area contributed by atoms with Gasteiger partial charge in [-0.05, 0) is 30.7 Å². The summed E-state index contributed by atoms with van der Waals surface area (Å²) in [6.07, 6.45) is 0.361. The minimum atomic E-state index is -3.76. The molecule has 7 heteroatoms. The second kappa shape index (κ2) is 7.05. The summed E-state index contributed by atoms with van der Waals surface area (Å²) in [6, 6.07) is 4.45. The first-order valence-electron chi connectivity index (χ1n) is 5.85. The Morgan fingerprint density at radius 3 is 2.70 bits per heavy atom. The van der Waals surface area contributed by atoms with Crippen molar-refractivity contribution in [3.05, 3.63) is 29.3 Å². The van der Waals surface area contributed by atoms with Gasteiger partial charge in [-0.15, -0.1) is 0 Å². The van der Waals surface area contributed by atoms with Crippen LogP contribution in [-0.4, -0.2) is 32.6 Å². The standard InChI is InChI=1S/C13H16N2O4S/c1-10-8-12(20(18,19)15-9-13(14)17)6-5-11(10)4-2-3-7-16/h5-6,8,15-16H,3,7,9H2,1H3,(H2,14,17). The van der Waals surface area contributed by atoms with Gasteiger partial charge in [-0.1, -0.05) is 11.8 Å². The summed E-state index contributed by atoms with van der Waals surface area (Å²) in [5, 5.41) is 8.64. The highest BCUT2D eigenvalue weighted by Gasteiger charge is 2.15. The van der Waals surface area contributed by atoms with E-state index in [-0.39, 0.29) is 11.5 Å². The number of aliphatic hydroxyl groups excluding tert-OH is 1. The maximum Gasteiger partial charge on any atom is 0.241 e. The van der Waals surface area contributed by atoms with E-state index in [1.54, 1.807) is 13.0 Å². The molecular formula is C13H16N2O4S. The van der Waals surface area contributed by atoms with E-state index in [1.165, 1.54) is 12.1 Å². The summed E-state index contributed by atoms with van der Waals surface area (Å²) in [5.41, 5.74) is 6.27. The monoisotopic (exact) mass is 296 g/mol. The number of aryl methyl sites for hydroxylation is 1. The SMILES string of the molecule is Cc1cc(S(=O)(=O)NCC(N)=O)ccc1C#CCCO. The van der Waals surface area contributed by atoms with Crippen LogP contribution < -0.4 is 10.5 Å². The van der Waals surface area contributed by atoms with Gasteiger partial charge in [0.2, 0.25) is 15.9 Å². The molecule has 1 amide bonds. The van der Waals surface area contributed by atoms with Crippen molar-refractivity contribution in [3.63, 3.8) is 0 Å². The average molecular weight is 296 g/mol. The third-order valence-corrected chi connectivity index (χ3v) is 3.80. The molecule has 0 spiro atoms. The number of nitrogens with one attached hydrogen (secondary N) is 1. The Morgan fingerprint density at radius 2 is 2.15 bits per heavy atom. The third-order valence-electron chi connectivity index (χ3n) is 2.40. The fraction of sp³-hybridized carbons (Fsp3) is 0.308. The van der Waals surface area contributed by atoms with Crippen molar-refractivity contribution < 1.29 is 18.3 Å². The average Bonchev–Trinajstić information content (AvgIpc) is 2.38. The maximum atomic E-state index is 11.9. The van der Waals surface area contributed by atoms with E-state index in [9.17, 15) is 13.2 Å². The molecule has 0 aliphatic heterocycles. The van der Waals surface area contributed by atoms with Crippen LogP contribution >= 0.6 is 0 Å². The number of aliphatic hydroxyl groups is 1. The topological polar surface area (TPSA) is 109 Å². The maximum absolute atomic E-state index is 11.9. The largest absolute Gasteiger partial charge is 0.395 e. The van der Waals surface area contributed by atoms with Crippen LogP contribution in [0.4, 0.5) is 0 Å². The molecule has 6 nitrogen and oxygen atoms in total. The van der Waals surface area contributed by atoms with Crippen molar-refractivity contribution in [2.75, 3.05) is 13.2 Å². The van der Waals surface area contributed by atoms with Gasteiger partial charge in [-0.3, -0.25) is 4.79 Å². The molecule has 0 aromatic heterocycles. The molecule has 0 aliphatic carbocycles. The van der Waals surface area contributed by atoms with Gasteiger partial charge in [-0.25, -0.2) is 13.1 Å². The highest BCUT2D eigenvalue weighted by molar-refractivity contribution is 7.89. The molecule has 0 aliphatic rings. The number of primary amides is 1. The Labute approximate surface area is 118 Å². The number of carbonyl (C=O) groups excluding carboxylic acids is 1. The lowest BCUT2D eigenvalue weighted by Gasteiger charge is -2.07. The summed E-state index contributed by atoms with van der Waals surface area (Å²) < 4.78 is 25.8. The van der Waals surface area contributed by atoms with Crippen LogP contribution in [0.25, 0.3) is 0 Å². The molecule has 20 heavy (non-hydrogen) atoms. The molecule has 4 N–H and O–H groups in total. The van der Waals surface area contributed by atoms with E-state index < -0.39 is 22.5 Å². The van der Waals surface area contributed by atoms with Gasteiger partial charge in [0.15, 0.2) is 0 Å². The summed E-state index contributed by atoms with van der Waals surface area (Å²) in [5.74, 6) is 4.85. The first kappa shape index (κ1) is 16.2. The second-order valence-corrected chi connectivity index (χ2v) is 5.81. The summed E-state index contributed by atoms with van der Waals surface area (Å²) in [7, 11) is -3.76. The molecule has 1 aromatic rings. The minimum Gasteiger partial charge on any atom is -0.395 e. The van der Waals surface area contributed by atoms with Gasteiger partial charge in [0.25, 0.3) is 0 Å². The van der Waals surface area contributed by atoms with Gasteiger partial charge in [-0.2, -0.15) is 0 Å². The van der Waals surface area contributed by atoms with Crippen LogP contribution in [0.5, 0.6) is 0 Å². The van der Waals surface area contributed by atoms with Gasteiger partial charge < -0.3 is 10.8 Å². The zero-order chi connectivity index (χ0) is 15.2. The van der Waals surface area contributed by atoms with Crippen molar-refractivity contribution in [1.29, 1.82) is 0 Å². The number of amides is 1. The van der Waals surface area contributed by atoms with E-state index in [4.69, 9.17) is 10.8 Å². The quantitative estimate of drug-likeness (QED) is 0.636. The van der Waals surface area contributed by atoms with Crippen molar-refractivity contribution in [2.24, 2.45) is 5.73 Å². The predicted octanol–water partition coefficient (Wildman–Crippen LogP) is -0.507. The van der Waals surface area contributed by atoms with Crippen LogP contribution in [0.2, 0.25) is 0 Å². The molecule has 0 radical (unpaired) electrons. The third kappa shape index (κ3) is 4.66. The first-order valence-corrected chi connectivity index (χ1v) is 7.33. The zero-order valence-corrected chi connectivity index (χ0v) is 11.8. The molecule has 0 atom stereocenters. The Balaban J connectivity index is 2.98. The predicted molar refractivity (Wildman–Crippen MR) is 74.1 cm³/mol. The van der Waals surface area contributed by atoms with Crippen LogP contribution in [0.15, 0.2) is 23.1 Å². The Kier molecular flexibility index (Phi) is 5.70. The minimum absolute atomic E-state index is 0.0183. The number of benzene rings is 1. The van der Waals surface area contributed by atoms with Gasteiger partial charge in [0.1, 0.15) is 0 Å². The lowest BCUT2D eigenvalue weighted by Crippen LogP contribution is -2.33. The van der Waals surface area contributed by atoms with Crippen molar-refractivity contribution in [1.82, 2.24) is 4.72 Å². The van der Waals surface area contributed by atoms with E-state index >= 15 is 0 Å². The molecular weight excluding hydrogens is 280 g/mol. The van der Waals surface area contributed by atoms with E-state index in [2.05, 4.69) is 16.6 Å². The first-order chi connectivity index (χ1) is 9.36. The second-order valence-electron chi connectivity index (χ2n) is 4.04. The van der Waals surface area contributed by atoms with E-state index in [0.717, 1.165) is 0 Å². The van der Waals surface area contributed by atoms with Gasteiger partial charge in [0.05, 0.1) is 18.0 Å². The van der Waals surface area contributed by atoms with Crippen molar-refractivity contribution >= 4 is 15.9 Å². The molecule has 0 saturated carbocycles. The van der Waals surface area contributed by atoms with E-state index in [0.29, 0.717) is 17.5 Å². The number of nitrogens with two attached hydrogens (primary N) is 1. The molecule has 0 fully saturated rings. The summed E-state index contributed by atoms with van der Waals surface area (Å²) in [4.78, 5) is 10.6. The molecule has 0 unspecified atom stereocenters. The number of hydrogen-bond acceptors (Lipinski definition) is 4. The molecule has 0 saturated heterocycles. The molecule has 0 heterocycles. The van der Waals surface area contributed by atoms with Crippen molar-refractivity contribution in [2.45, 2.75) is 18.2 Å². The number of carbonyl (C=O) groups is 1. The van der Waals surface area contributed by atoms with Crippen LogP contribution in [0.3, 0.4) is 0 Å². The number of rotatable bonds is 5. The fourth-order valence-corrected chi connectivity index (χ4v) is 2.48. The number of sulfonamides is 1. The zero-order valence-electron chi connectivity index (χ0n) is 11.0. The van der Waals surface area contributed by atoms with Gasteiger partial charge >= 0.3 is 0 Å². The summed E-state index contributed by atoms with van der Waals surface area (Å²) in [6.45, 7) is 1.27. The Hall–Kier alpha value is -1.88. The smallest absolute Gasteiger partial charge is 0.241 e.